The molecule has 1 aliphatic rings. The van der Waals surface area contributed by atoms with E-state index in [2.05, 4.69) is 50.4 Å². The largest absolute Gasteiger partial charge is 0.354 e. The highest BCUT2D eigenvalue weighted by atomic mass is 127. The molecule has 2 heterocycles. The Morgan fingerprint density at radius 2 is 2.33 bits per heavy atom. The van der Waals surface area contributed by atoms with Crippen molar-refractivity contribution in [1.82, 2.24) is 19.8 Å². The molecule has 0 bridgehead atoms. The topological polar surface area (TPSA) is 45.5 Å². The van der Waals surface area contributed by atoms with Gasteiger partial charge in [-0.05, 0) is 5.92 Å². The monoisotopic (exact) mass is 423 g/mol. The van der Waals surface area contributed by atoms with Crippen LogP contribution in [-0.4, -0.2) is 58.1 Å². The maximum atomic E-state index is 4.42. The molecule has 5 nitrogen and oxygen atoms in total. The Bertz CT molecular complexity index is 421. The summed E-state index contributed by atoms with van der Waals surface area (Å²) in [6, 6.07) is 0. The number of halogens is 1. The lowest BCUT2D eigenvalue weighted by atomic mass is 10.1. The summed E-state index contributed by atoms with van der Waals surface area (Å²) in [4.78, 5) is 10.9. The van der Waals surface area contributed by atoms with Gasteiger partial charge in [-0.2, -0.15) is 11.8 Å². The lowest BCUT2D eigenvalue weighted by molar-refractivity contribution is 0.380. The number of hydrogen-bond donors (Lipinski definition) is 1. The van der Waals surface area contributed by atoms with Gasteiger partial charge in [-0.15, -0.1) is 24.0 Å². The number of aliphatic imine (C=N–C) groups is 1. The molecule has 0 spiro atoms. The van der Waals surface area contributed by atoms with Gasteiger partial charge < -0.3 is 14.8 Å². The molecule has 1 unspecified atom stereocenters. The zero-order chi connectivity index (χ0) is 14.4. The van der Waals surface area contributed by atoms with E-state index in [0.29, 0.717) is 11.2 Å². The predicted molar refractivity (Wildman–Crippen MR) is 102 cm³/mol. The second-order valence-corrected chi connectivity index (χ2v) is 6.72. The van der Waals surface area contributed by atoms with Gasteiger partial charge in [-0.25, -0.2) is 4.98 Å². The third-order valence-electron chi connectivity index (χ3n) is 3.56. The first-order chi connectivity index (χ1) is 9.70. The SMILES string of the molecule is CN=C(NCCn1ccnc1)N1CCSC(C(C)C)C1.I. The lowest BCUT2D eigenvalue weighted by Crippen LogP contribution is -2.49. The molecule has 0 amide bonds. The molecule has 21 heavy (non-hydrogen) atoms. The Morgan fingerprint density at radius 1 is 1.52 bits per heavy atom. The third-order valence-corrected chi connectivity index (χ3v) is 5.10. The molecule has 1 fully saturated rings. The summed E-state index contributed by atoms with van der Waals surface area (Å²) in [5.41, 5.74) is 0. The van der Waals surface area contributed by atoms with Gasteiger partial charge in [0.05, 0.1) is 6.33 Å². The molecule has 7 heteroatoms. The number of nitrogens with one attached hydrogen (secondary N) is 1. The van der Waals surface area contributed by atoms with Crippen LogP contribution in [0.5, 0.6) is 0 Å². The second kappa shape index (κ2) is 9.55. The van der Waals surface area contributed by atoms with Crippen LogP contribution in [0.15, 0.2) is 23.7 Å². The number of thioether (sulfide) groups is 1. The van der Waals surface area contributed by atoms with Crippen molar-refractivity contribution in [1.29, 1.82) is 0 Å². The first-order valence-corrected chi connectivity index (χ1v) is 8.28. The summed E-state index contributed by atoms with van der Waals surface area (Å²) in [7, 11) is 1.87. The maximum Gasteiger partial charge on any atom is 0.193 e. The van der Waals surface area contributed by atoms with E-state index in [1.165, 1.54) is 5.75 Å². The zero-order valence-electron chi connectivity index (χ0n) is 13.0. The van der Waals surface area contributed by atoms with Crippen molar-refractivity contribution in [3.05, 3.63) is 18.7 Å². The van der Waals surface area contributed by atoms with Crippen LogP contribution in [0.4, 0.5) is 0 Å². The van der Waals surface area contributed by atoms with Crippen LogP contribution in [-0.2, 0) is 6.54 Å². The van der Waals surface area contributed by atoms with E-state index in [9.17, 15) is 0 Å². The molecule has 0 aliphatic carbocycles. The van der Waals surface area contributed by atoms with E-state index in [-0.39, 0.29) is 24.0 Å². The van der Waals surface area contributed by atoms with Gasteiger partial charge in [-0.3, -0.25) is 4.99 Å². The predicted octanol–water partition coefficient (Wildman–Crippen LogP) is 2.15. The van der Waals surface area contributed by atoms with Crippen LogP contribution in [0.25, 0.3) is 0 Å². The fraction of sp³-hybridized carbons (Fsp3) is 0.714. The van der Waals surface area contributed by atoms with Crippen LogP contribution in [0.2, 0.25) is 0 Å². The molecule has 1 saturated heterocycles. The van der Waals surface area contributed by atoms with Crippen LogP contribution < -0.4 is 5.32 Å². The van der Waals surface area contributed by atoms with Crippen molar-refractivity contribution in [2.45, 2.75) is 25.6 Å². The molecule has 1 aromatic heterocycles. The van der Waals surface area contributed by atoms with Gasteiger partial charge in [0.25, 0.3) is 0 Å². The Kier molecular flexibility index (Phi) is 8.46. The minimum atomic E-state index is 0. The third kappa shape index (κ3) is 5.69. The van der Waals surface area contributed by atoms with Gasteiger partial charge in [0.15, 0.2) is 5.96 Å². The number of guanidine groups is 1. The van der Waals surface area contributed by atoms with E-state index in [4.69, 9.17) is 0 Å². The molecular formula is C14H26IN5S. The van der Waals surface area contributed by atoms with E-state index in [1.54, 1.807) is 0 Å². The van der Waals surface area contributed by atoms with Crippen LogP contribution >= 0.6 is 35.7 Å². The Hall–Kier alpha value is -0.440. The van der Waals surface area contributed by atoms with Crippen molar-refractivity contribution in [3.8, 4) is 0 Å². The molecule has 1 N–H and O–H groups in total. The standard InChI is InChI=1S/C14H25N5S.HI/c1-12(2)13-10-19(8-9-20-13)14(15-3)17-5-7-18-6-4-16-11-18;/h4,6,11-13H,5,7-10H2,1-3H3,(H,15,17);1H. The molecule has 0 aromatic carbocycles. The summed E-state index contributed by atoms with van der Waals surface area (Å²) in [6.45, 7) is 8.56. The highest BCUT2D eigenvalue weighted by Gasteiger charge is 2.24. The summed E-state index contributed by atoms with van der Waals surface area (Å²) < 4.78 is 2.07. The molecule has 1 aromatic rings. The first kappa shape index (κ1) is 18.6. The molecular weight excluding hydrogens is 397 g/mol. The van der Waals surface area contributed by atoms with E-state index in [1.807, 2.05) is 25.8 Å². The molecule has 1 atom stereocenters. The average Bonchev–Trinajstić information content (AvgIpc) is 2.97. The van der Waals surface area contributed by atoms with E-state index < -0.39 is 0 Å². The quantitative estimate of drug-likeness (QED) is 0.458. The summed E-state index contributed by atoms with van der Waals surface area (Å²) in [5.74, 6) is 2.92. The minimum Gasteiger partial charge on any atom is -0.354 e. The normalized spacial score (nSPS) is 19.5. The maximum absolute atomic E-state index is 4.42. The number of rotatable bonds is 4. The molecule has 1 aliphatic heterocycles. The van der Waals surface area contributed by atoms with Crippen LogP contribution in [0.1, 0.15) is 13.8 Å². The van der Waals surface area contributed by atoms with Gasteiger partial charge in [0.2, 0.25) is 0 Å². The second-order valence-electron chi connectivity index (χ2n) is 5.37. The van der Waals surface area contributed by atoms with Crippen molar-refractivity contribution in [3.63, 3.8) is 0 Å². The van der Waals surface area contributed by atoms with E-state index in [0.717, 1.165) is 32.1 Å². The van der Waals surface area contributed by atoms with Gasteiger partial charge in [-0.1, -0.05) is 13.8 Å². The van der Waals surface area contributed by atoms with Crippen LogP contribution in [0, 0.1) is 5.92 Å². The molecule has 2 rings (SSSR count). The summed E-state index contributed by atoms with van der Waals surface area (Å²) in [6.07, 6.45) is 5.64. The molecule has 120 valence electrons. The fourth-order valence-electron chi connectivity index (χ4n) is 2.32. The van der Waals surface area contributed by atoms with Crippen molar-refractivity contribution in [2.75, 3.05) is 32.4 Å². The van der Waals surface area contributed by atoms with Crippen molar-refractivity contribution >= 4 is 41.7 Å². The van der Waals surface area contributed by atoms with Gasteiger partial charge in [0.1, 0.15) is 0 Å². The molecule has 0 saturated carbocycles. The summed E-state index contributed by atoms with van der Waals surface area (Å²) >= 11 is 2.09. The van der Waals surface area contributed by atoms with Crippen molar-refractivity contribution in [2.24, 2.45) is 10.9 Å². The summed E-state index contributed by atoms with van der Waals surface area (Å²) in [5, 5.41) is 4.16. The first-order valence-electron chi connectivity index (χ1n) is 7.23. The Balaban J connectivity index is 0.00000220. The highest BCUT2D eigenvalue weighted by molar-refractivity contribution is 14.0. The Labute approximate surface area is 149 Å². The number of nitrogens with zero attached hydrogens (tertiary/aromatic N) is 4. The Morgan fingerprint density at radius 3 is 2.95 bits per heavy atom. The van der Waals surface area contributed by atoms with Gasteiger partial charge in [0, 0.05) is 56.6 Å². The fourth-order valence-corrected chi connectivity index (χ4v) is 3.62. The zero-order valence-corrected chi connectivity index (χ0v) is 16.2. The highest BCUT2D eigenvalue weighted by Crippen LogP contribution is 2.24. The smallest absolute Gasteiger partial charge is 0.193 e. The minimum absolute atomic E-state index is 0. The molecule has 0 radical (unpaired) electrons. The van der Waals surface area contributed by atoms with Gasteiger partial charge >= 0.3 is 0 Å². The number of aromatic nitrogens is 2. The lowest BCUT2D eigenvalue weighted by Gasteiger charge is -2.36. The van der Waals surface area contributed by atoms with E-state index >= 15 is 0 Å². The number of hydrogen-bond acceptors (Lipinski definition) is 3. The van der Waals surface area contributed by atoms with Crippen LogP contribution in [0.3, 0.4) is 0 Å². The average molecular weight is 423 g/mol. The number of imidazole rings is 1. The van der Waals surface area contributed by atoms with Crippen molar-refractivity contribution < 1.29 is 0 Å².